The molecule has 3 aromatic carbocycles. The van der Waals surface area contributed by atoms with Gasteiger partial charge < -0.3 is 14.9 Å². The van der Waals surface area contributed by atoms with Crippen LogP contribution in [0, 0.1) is 10.1 Å². The molecule has 1 amide bonds. The molecule has 1 fully saturated rings. The number of hydrogen-bond acceptors (Lipinski definition) is 6. The molecular formula is C24H21N3O5. The van der Waals surface area contributed by atoms with Crippen molar-refractivity contribution in [3.05, 3.63) is 99.6 Å². The van der Waals surface area contributed by atoms with Crippen molar-refractivity contribution >= 4 is 23.1 Å². The zero-order valence-electron chi connectivity index (χ0n) is 17.2. The molecule has 0 radical (unpaired) electrons. The van der Waals surface area contributed by atoms with E-state index in [1.54, 1.807) is 59.5 Å². The fourth-order valence-corrected chi connectivity index (χ4v) is 3.81. The first-order valence-electron chi connectivity index (χ1n) is 10.2. The Hall–Kier alpha value is -4.20. The maximum Gasteiger partial charge on any atom is 0.293 e. The molecule has 162 valence electrons. The van der Waals surface area contributed by atoms with Gasteiger partial charge in [0, 0.05) is 48.9 Å². The van der Waals surface area contributed by atoms with Crippen LogP contribution in [0.1, 0.15) is 26.3 Å². The van der Waals surface area contributed by atoms with E-state index < -0.39 is 4.92 Å². The summed E-state index contributed by atoms with van der Waals surface area (Å²) in [6.07, 6.45) is 0. The lowest BCUT2D eigenvalue weighted by Gasteiger charge is -2.36. The summed E-state index contributed by atoms with van der Waals surface area (Å²) in [7, 11) is 0. The third-order valence-electron chi connectivity index (χ3n) is 5.47. The van der Waals surface area contributed by atoms with Gasteiger partial charge in [0.25, 0.3) is 11.6 Å². The van der Waals surface area contributed by atoms with Crippen molar-refractivity contribution in [2.24, 2.45) is 0 Å². The summed E-state index contributed by atoms with van der Waals surface area (Å²) in [5.41, 5.74) is 1.40. The topological polar surface area (TPSA) is 104 Å². The molecule has 1 aliphatic heterocycles. The Morgan fingerprint density at radius 3 is 2.16 bits per heavy atom. The number of amides is 1. The second-order valence-corrected chi connectivity index (χ2v) is 7.49. The lowest BCUT2D eigenvalue weighted by Crippen LogP contribution is -2.49. The van der Waals surface area contributed by atoms with E-state index in [0.29, 0.717) is 43.0 Å². The second-order valence-electron chi connectivity index (χ2n) is 7.49. The molecule has 0 unspecified atom stereocenters. The summed E-state index contributed by atoms with van der Waals surface area (Å²) < 4.78 is 0. The quantitative estimate of drug-likeness (QED) is 0.377. The van der Waals surface area contributed by atoms with E-state index in [0.717, 1.165) is 0 Å². The fraction of sp³-hybridized carbons (Fsp3) is 0.167. The molecule has 1 saturated heterocycles. The Morgan fingerprint density at radius 2 is 1.50 bits per heavy atom. The first-order valence-corrected chi connectivity index (χ1v) is 10.2. The Kier molecular flexibility index (Phi) is 5.85. The first kappa shape index (κ1) is 21.0. The average molecular weight is 431 g/mol. The SMILES string of the molecule is O=C(c1ccccc1)c1ccc(N2CCN(C(=O)c3cccc(O)c3)CC2)c([N+](=O)[O-])c1. The Bertz CT molecular complexity index is 1170. The van der Waals surface area contributed by atoms with Gasteiger partial charge in [0.05, 0.1) is 4.92 Å². The van der Waals surface area contributed by atoms with E-state index in [-0.39, 0.29) is 28.7 Å². The highest BCUT2D eigenvalue weighted by molar-refractivity contribution is 6.09. The molecule has 32 heavy (non-hydrogen) atoms. The molecule has 1 aliphatic rings. The number of benzene rings is 3. The fourth-order valence-electron chi connectivity index (χ4n) is 3.81. The second kappa shape index (κ2) is 8.89. The van der Waals surface area contributed by atoms with Crippen molar-refractivity contribution in [3.63, 3.8) is 0 Å². The largest absolute Gasteiger partial charge is 0.508 e. The van der Waals surface area contributed by atoms with Gasteiger partial charge in [0.2, 0.25) is 0 Å². The van der Waals surface area contributed by atoms with Gasteiger partial charge in [-0.15, -0.1) is 0 Å². The number of nitro benzene ring substituents is 1. The smallest absolute Gasteiger partial charge is 0.293 e. The van der Waals surface area contributed by atoms with Crippen molar-refractivity contribution in [1.29, 1.82) is 0 Å². The van der Waals surface area contributed by atoms with Gasteiger partial charge in [-0.2, -0.15) is 0 Å². The normalized spacial score (nSPS) is 13.6. The highest BCUT2D eigenvalue weighted by Crippen LogP contribution is 2.31. The maximum atomic E-state index is 12.7. The summed E-state index contributed by atoms with van der Waals surface area (Å²) in [6, 6.07) is 19.3. The number of phenols is 1. The van der Waals surface area contributed by atoms with E-state index in [9.17, 15) is 24.8 Å². The molecule has 1 N–H and O–H groups in total. The van der Waals surface area contributed by atoms with Crippen molar-refractivity contribution in [3.8, 4) is 5.75 Å². The van der Waals surface area contributed by atoms with Crippen molar-refractivity contribution in [2.75, 3.05) is 31.1 Å². The number of piperazine rings is 1. The molecule has 0 spiro atoms. The number of rotatable bonds is 5. The van der Waals surface area contributed by atoms with Crippen LogP contribution in [0.25, 0.3) is 0 Å². The van der Waals surface area contributed by atoms with E-state index in [4.69, 9.17) is 0 Å². The summed E-state index contributed by atoms with van der Waals surface area (Å²) >= 11 is 0. The average Bonchev–Trinajstić information content (AvgIpc) is 2.83. The van der Waals surface area contributed by atoms with E-state index in [1.165, 1.54) is 18.2 Å². The van der Waals surface area contributed by atoms with Crippen LogP contribution in [0.4, 0.5) is 11.4 Å². The number of ketones is 1. The molecule has 0 aliphatic carbocycles. The summed E-state index contributed by atoms with van der Waals surface area (Å²) in [4.78, 5) is 40.1. The minimum absolute atomic E-state index is 0.0234. The number of nitro groups is 1. The van der Waals surface area contributed by atoms with Gasteiger partial charge in [-0.25, -0.2) is 0 Å². The highest BCUT2D eigenvalue weighted by atomic mass is 16.6. The molecular weight excluding hydrogens is 410 g/mol. The molecule has 0 aromatic heterocycles. The van der Waals surface area contributed by atoms with Crippen LogP contribution in [0.3, 0.4) is 0 Å². The standard InChI is InChI=1S/C24H21N3O5/c28-20-8-4-7-19(15-20)24(30)26-13-11-25(12-14-26)21-10-9-18(16-22(21)27(31)32)23(29)17-5-2-1-3-6-17/h1-10,15-16,28H,11-14H2. The Morgan fingerprint density at radius 1 is 0.812 bits per heavy atom. The van der Waals surface area contributed by atoms with Gasteiger partial charge in [-0.3, -0.25) is 19.7 Å². The molecule has 8 nitrogen and oxygen atoms in total. The Balaban J connectivity index is 1.51. The molecule has 0 saturated carbocycles. The zero-order chi connectivity index (χ0) is 22.7. The monoisotopic (exact) mass is 431 g/mol. The molecule has 0 bridgehead atoms. The van der Waals surface area contributed by atoms with Gasteiger partial charge in [0.15, 0.2) is 5.78 Å². The lowest BCUT2D eigenvalue weighted by atomic mass is 10.0. The Labute approximate surface area is 184 Å². The number of carbonyl (C=O) groups is 2. The molecule has 0 atom stereocenters. The number of aromatic hydroxyl groups is 1. The lowest BCUT2D eigenvalue weighted by molar-refractivity contribution is -0.384. The summed E-state index contributed by atoms with van der Waals surface area (Å²) in [6.45, 7) is 1.60. The van der Waals surface area contributed by atoms with E-state index in [1.807, 2.05) is 4.90 Å². The zero-order valence-corrected chi connectivity index (χ0v) is 17.2. The summed E-state index contributed by atoms with van der Waals surface area (Å²) in [5.74, 6) is -0.448. The van der Waals surface area contributed by atoms with Crippen molar-refractivity contribution < 1.29 is 19.6 Å². The third kappa shape index (κ3) is 4.29. The van der Waals surface area contributed by atoms with Crippen LogP contribution in [-0.4, -0.2) is 52.8 Å². The predicted octanol–water partition coefficient (Wildman–Crippen LogP) is 3.49. The number of phenolic OH excluding ortho intramolecular Hbond substituents is 1. The van der Waals surface area contributed by atoms with Crippen LogP contribution in [0.15, 0.2) is 72.8 Å². The van der Waals surface area contributed by atoms with Crippen LogP contribution in [0.2, 0.25) is 0 Å². The van der Waals surface area contributed by atoms with Gasteiger partial charge in [-0.05, 0) is 30.3 Å². The molecule has 1 heterocycles. The molecule has 3 aromatic rings. The van der Waals surface area contributed by atoms with Crippen LogP contribution in [0.5, 0.6) is 5.75 Å². The third-order valence-corrected chi connectivity index (χ3v) is 5.47. The molecule has 4 rings (SSSR count). The number of nitrogens with zero attached hydrogens (tertiary/aromatic N) is 3. The van der Waals surface area contributed by atoms with E-state index >= 15 is 0 Å². The van der Waals surface area contributed by atoms with Crippen LogP contribution in [-0.2, 0) is 0 Å². The van der Waals surface area contributed by atoms with Crippen LogP contribution >= 0.6 is 0 Å². The number of anilines is 1. The minimum Gasteiger partial charge on any atom is -0.508 e. The predicted molar refractivity (Wildman–Crippen MR) is 119 cm³/mol. The van der Waals surface area contributed by atoms with Crippen LogP contribution < -0.4 is 4.90 Å². The van der Waals surface area contributed by atoms with Crippen molar-refractivity contribution in [2.45, 2.75) is 0 Å². The minimum atomic E-state index is -0.485. The van der Waals surface area contributed by atoms with Gasteiger partial charge in [0.1, 0.15) is 11.4 Å². The maximum absolute atomic E-state index is 12.7. The van der Waals surface area contributed by atoms with Gasteiger partial charge >= 0.3 is 0 Å². The van der Waals surface area contributed by atoms with E-state index in [2.05, 4.69) is 0 Å². The first-order chi connectivity index (χ1) is 15.4. The molecule has 8 heteroatoms. The number of hydrogen-bond donors (Lipinski definition) is 1. The summed E-state index contributed by atoms with van der Waals surface area (Å²) in [5, 5.41) is 21.3. The van der Waals surface area contributed by atoms with Crippen molar-refractivity contribution in [1.82, 2.24) is 4.90 Å². The highest BCUT2D eigenvalue weighted by Gasteiger charge is 2.27. The van der Waals surface area contributed by atoms with Gasteiger partial charge in [-0.1, -0.05) is 36.4 Å². The number of carbonyl (C=O) groups excluding carboxylic acids is 2.